The SMILES string of the molecule is C=C(Nc1cccc(C)c1)Nc1cc(C(C)(C)C)nn1CC(=O)CCC. The first-order chi connectivity index (χ1) is 12.2. The Kier molecular flexibility index (Phi) is 6.24. The number of benzene rings is 1. The molecule has 0 saturated carbocycles. The van der Waals surface area contributed by atoms with Gasteiger partial charge < -0.3 is 10.6 Å². The van der Waals surface area contributed by atoms with Gasteiger partial charge in [-0.3, -0.25) is 4.79 Å². The largest absolute Gasteiger partial charge is 0.342 e. The van der Waals surface area contributed by atoms with Gasteiger partial charge >= 0.3 is 0 Å². The van der Waals surface area contributed by atoms with Crippen LogP contribution < -0.4 is 10.6 Å². The highest BCUT2D eigenvalue weighted by molar-refractivity contribution is 5.78. The number of hydrogen-bond acceptors (Lipinski definition) is 4. The second-order valence-corrected chi connectivity index (χ2v) is 7.71. The van der Waals surface area contributed by atoms with E-state index in [1.54, 1.807) is 4.68 Å². The second-order valence-electron chi connectivity index (χ2n) is 7.71. The summed E-state index contributed by atoms with van der Waals surface area (Å²) in [5.41, 5.74) is 2.98. The van der Waals surface area contributed by atoms with Gasteiger partial charge in [-0.25, -0.2) is 4.68 Å². The van der Waals surface area contributed by atoms with Crippen molar-refractivity contribution in [3.8, 4) is 0 Å². The van der Waals surface area contributed by atoms with Crippen molar-refractivity contribution in [1.29, 1.82) is 0 Å². The topological polar surface area (TPSA) is 59.0 Å². The smallest absolute Gasteiger partial charge is 0.154 e. The van der Waals surface area contributed by atoms with Crippen LogP contribution in [0.25, 0.3) is 0 Å². The number of nitrogens with zero attached hydrogens (tertiary/aromatic N) is 2. The molecule has 0 aliphatic heterocycles. The highest BCUT2D eigenvalue weighted by Crippen LogP contribution is 2.25. The highest BCUT2D eigenvalue weighted by Gasteiger charge is 2.21. The van der Waals surface area contributed by atoms with Crippen molar-refractivity contribution in [3.63, 3.8) is 0 Å². The van der Waals surface area contributed by atoms with Gasteiger partial charge in [-0.15, -0.1) is 0 Å². The number of rotatable bonds is 8. The van der Waals surface area contributed by atoms with Gasteiger partial charge in [-0.2, -0.15) is 5.10 Å². The first-order valence-corrected chi connectivity index (χ1v) is 9.08. The van der Waals surface area contributed by atoms with Crippen molar-refractivity contribution >= 4 is 17.3 Å². The maximum absolute atomic E-state index is 12.1. The maximum Gasteiger partial charge on any atom is 0.154 e. The molecule has 26 heavy (non-hydrogen) atoms. The van der Waals surface area contributed by atoms with Crippen LogP contribution in [0, 0.1) is 6.92 Å². The number of carbonyl (C=O) groups excluding carboxylic acids is 1. The second kappa shape index (κ2) is 8.21. The molecule has 5 heteroatoms. The van der Waals surface area contributed by atoms with Crippen molar-refractivity contribution in [3.05, 3.63) is 54.0 Å². The quantitative estimate of drug-likeness (QED) is 0.711. The predicted molar refractivity (Wildman–Crippen MR) is 108 cm³/mol. The van der Waals surface area contributed by atoms with Gasteiger partial charge in [0.2, 0.25) is 0 Å². The Morgan fingerprint density at radius 1 is 1.23 bits per heavy atom. The van der Waals surface area contributed by atoms with E-state index >= 15 is 0 Å². The van der Waals surface area contributed by atoms with Crippen LogP contribution in [-0.4, -0.2) is 15.6 Å². The van der Waals surface area contributed by atoms with Crippen molar-refractivity contribution < 1.29 is 4.79 Å². The lowest BCUT2D eigenvalue weighted by Crippen LogP contribution is -2.17. The molecular weight excluding hydrogens is 324 g/mol. The minimum absolute atomic E-state index is 0.0964. The minimum atomic E-state index is -0.0964. The van der Waals surface area contributed by atoms with E-state index in [0.29, 0.717) is 12.2 Å². The fourth-order valence-corrected chi connectivity index (χ4v) is 2.61. The van der Waals surface area contributed by atoms with Crippen molar-refractivity contribution in [2.24, 2.45) is 0 Å². The molecule has 2 N–H and O–H groups in total. The van der Waals surface area contributed by atoms with Gasteiger partial charge in [0.1, 0.15) is 18.2 Å². The molecule has 5 nitrogen and oxygen atoms in total. The number of anilines is 2. The van der Waals surface area contributed by atoms with E-state index in [0.717, 1.165) is 23.6 Å². The average Bonchev–Trinajstić information content (AvgIpc) is 2.90. The molecular formula is C21H30N4O. The van der Waals surface area contributed by atoms with E-state index in [4.69, 9.17) is 0 Å². The van der Waals surface area contributed by atoms with E-state index in [1.807, 2.05) is 38.1 Å². The molecule has 0 saturated heterocycles. The van der Waals surface area contributed by atoms with Crippen LogP contribution in [0.15, 0.2) is 42.7 Å². The van der Waals surface area contributed by atoms with Gasteiger partial charge in [0.25, 0.3) is 0 Å². The first kappa shape index (κ1) is 19.8. The summed E-state index contributed by atoms with van der Waals surface area (Å²) in [5.74, 6) is 1.58. The zero-order valence-corrected chi connectivity index (χ0v) is 16.5. The number of nitrogens with one attached hydrogen (secondary N) is 2. The molecule has 1 aromatic heterocycles. The maximum atomic E-state index is 12.1. The summed E-state index contributed by atoms with van der Waals surface area (Å²) in [7, 11) is 0. The third-order valence-corrected chi connectivity index (χ3v) is 4.00. The molecule has 0 atom stereocenters. The third-order valence-electron chi connectivity index (χ3n) is 4.00. The minimum Gasteiger partial charge on any atom is -0.342 e. The Morgan fingerprint density at radius 3 is 2.58 bits per heavy atom. The summed E-state index contributed by atoms with van der Waals surface area (Å²) in [6.07, 6.45) is 1.41. The Labute approximate surface area is 156 Å². The fourth-order valence-electron chi connectivity index (χ4n) is 2.61. The lowest BCUT2D eigenvalue weighted by molar-refractivity contribution is -0.119. The van der Waals surface area contributed by atoms with Crippen LogP contribution >= 0.6 is 0 Å². The van der Waals surface area contributed by atoms with E-state index < -0.39 is 0 Å². The zero-order valence-electron chi connectivity index (χ0n) is 16.5. The number of carbonyl (C=O) groups is 1. The molecule has 0 radical (unpaired) electrons. The van der Waals surface area contributed by atoms with Gasteiger partial charge in [0.15, 0.2) is 5.78 Å². The number of hydrogen-bond donors (Lipinski definition) is 2. The van der Waals surface area contributed by atoms with Crippen LogP contribution in [0.1, 0.15) is 51.8 Å². The molecule has 1 aromatic carbocycles. The van der Waals surface area contributed by atoms with Crippen LogP contribution in [0.5, 0.6) is 0 Å². The predicted octanol–water partition coefficient (Wildman–Crippen LogP) is 4.85. The van der Waals surface area contributed by atoms with Crippen molar-refractivity contribution in [2.45, 2.75) is 59.4 Å². The summed E-state index contributed by atoms with van der Waals surface area (Å²) in [4.78, 5) is 12.1. The van der Waals surface area contributed by atoms with Crippen LogP contribution in [0.2, 0.25) is 0 Å². The van der Waals surface area contributed by atoms with Gasteiger partial charge in [0, 0.05) is 23.6 Å². The number of aryl methyl sites for hydroxylation is 1. The molecule has 0 amide bonds. The van der Waals surface area contributed by atoms with Crippen molar-refractivity contribution in [2.75, 3.05) is 10.6 Å². The van der Waals surface area contributed by atoms with E-state index in [-0.39, 0.29) is 17.7 Å². The monoisotopic (exact) mass is 354 g/mol. The summed E-state index contributed by atoms with van der Waals surface area (Å²) in [6, 6.07) is 10.1. The number of ketones is 1. The van der Waals surface area contributed by atoms with Crippen molar-refractivity contribution in [1.82, 2.24) is 9.78 Å². The summed E-state index contributed by atoms with van der Waals surface area (Å²) < 4.78 is 1.74. The molecule has 2 rings (SSSR count). The molecule has 0 spiro atoms. The summed E-state index contributed by atoms with van der Waals surface area (Å²) in [6.45, 7) is 14.7. The van der Waals surface area contributed by atoms with E-state index in [1.165, 1.54) is 5.56 Å². The lowest BCUT2D eigenvalue weighted by Gasteiger charge is -2.14. The Balaban J connectivity index is 2.18. The summed E-state index contributed by atoms with van der Waals surface area (Å²) >= 11 is 0. The first-order valence-electron chi connectivity index (χ1n) is 9.08. The molecule has 2 aromatic rings. The molecule has 0 fully saturated rings. The highest BCUT2D eigenvalue weighted by atomic mass is 16.1. The Morgan fingerprint density at radius 2 is 1.96 bits per heavy atom. The van der Waals surface area contributed by atoms with Crippen LogP contribution in [0.4, 0.5) is 11.5 Å². The lowest BCUT2D eigenvalue weighted by atomic mass is 9.92. The molecule has 1 heterocycles. The molecule has 0 aliphatic carbocycles. The fraction of sp³-hybridized carbons (Fsp3) is 0.429. The molecule has 0 unspecified atom stereocenters. The van der Waals surface area contributed by atoms with E-state index in [2.05, 4.69) is 49.1 Å². The number of Topliss-reactive ketones (excluding diaryl/α,β-unsaturated/α-hetero) is 1. The van der Waals surface area contributed by atoms with Gasteiger partial charge in [0.05, 0.1) is 5.69 Å². The molecule has 0 aliphatic rings. The summed E-state index contributed by atoms with van der Waals surface area (Å²) in [5, 5.41) is 11.2. The zero-order chi connectivity index (χ0) is 19.3. The van der Waals surface area contributed by atoms with E-state index in [9.17, 15) is 4.79 Å². The van der Waals surface area contributed by atoms with Gasteiger partial charge in [-0.05, 0) is 31.0 Å². The normalized spacial score (nSPS) is 11.3. The standard InChI is InChI=1S/C21H30N4O/c1-7-9-18(26)14-25-20(13-19(24-25)21(4,5)6)23-16(3)22-17-11-8-10-15(2)12-17/h8,10-13,22-23H,3,7,9,14H2,1-2,4-6H3. The molecule has 140 valence electrons. The van der Waals surface area contributed by atoms with Gasteiger partial charge in [-0.1, -0.05) is 46.4 Å². The molecule has 0 bridgehead atoms. The Bertz CT molecular complexity index is 784. The average molecular weight is 354 g/mol. The third kappa shape index (κ3) is 5.48. The number of aromatic nitrogens is 2. The van der Waals surface area contributed by atoms with Crippen LogP contribution in [0.3, 0.4) is 0 Å². The van der Waals surface area contributed by atoms with Crippen LogP contribution in [-0.2, 0) is 16.8 Å². The Hall–Kier alpha value is -2.56.